The van der Waals surface area contributed by atoms with Crippen LogP contribution in [-0.2, 0) is 4.79 Å². The van der Waals surface area contributed by atoms with Gasteiger partial charge in [-0.2, -0.15) is 0 Å². The van der Waals surface area contributed by atoms with E-state index in [1.165, 1.54) is 5.69 Å². The van der Waals surface area contributed by atoms with Crippen LogP contribution in [0.15, 0.2) is 24.3 Å². The van der Waals surface area contributed by atoms with Crippen LogP contribution < -0.4 is 10.2 Å². The Morgan fingerprint density at radius 3 is 2.35 bits per heavy atom. The van der Waals surface area contributed by atoms with Crippen molar-refractivity contribution in [3.8, 4) is 0 Å². The third kappa shape index (κ3) is 5.42. The topological polar surface area (TPSA) is 35.6 Å². The Labute approximate surface area is 155 Å². The Morgan fingerprint density at radius 2 is 1.78 bits per heavy atom. The zero-order valence-corrected chi connectivity index (χ0v) is 15.4. The third-order valence-corrected chi connectivity index (χ3v) is 4.70. The quantitative estimate of drug-likeness (QED) is 0.876. The number of amides is 1. The summed E-state index contributed by atoms with van der Waals surface area (Å²) in [6.07, 6.45) is 1.84. The minimum absolute atomic E-state index is 0. The van der Waals surface area contributed by atoms with Crippen LogP contribution in [0.1, 0.15) is 12.8 Å². The van der Waals surface area contributed by atoms with Crippen molar-refractivity contribution >= 4 is 48.0 Å². The van der Waals surface area contributed by atoms with Gasteiger partial charge in [0.25, 0.3) is 0 Å². The molecular weight excluding hydrogens is 357 g/mol. The summed E-state index contributed by atoms with van der Waals surface area (Å²) in [5, 5.41) is 4.09. The minimum Gasteiger partial charge on any atom is -0.368 e. The molecule has 2 heterocycles. The normalized spacial score (nSPS) is 20.7. The van der Waals surface area contributed by atoms with Crippen LogP contribution in [0.25, 0.3) is 0 Å². The van der Waals surface area contributed by atoms with Gasteiger partial charge in [-0.05, 0) is 49.7 Å². The van der Waals surface area contributed by atoms with E-state index in [-0.39, 0.29) is 24.8 Å². The van der Waals surface area contributed by atoms with Gasteiger partial charge in [-0.1, -0.05) is 11.6 Å². The van der Waals surface area contributed by atoms with Crippen molar-refractivity contribution in [1.29, 1.82) is 0 Å². The van der Waals surface area contributed by atoms with Crippen molar-refractivity contribution in [2.45, 2.75) is 12.8 Å². The number of hydrogen-bond acceptors (Lipinski definition) is 3. The second-order valence-corrected chi connectivity index (χ2v) is 6.34. The second-order valence-electron chi connectivity index (χ2n) is 5.91. The molecule has 0 aliphatic carbocycles. The summed E-state index contributed by atoms with van der Waals surface area (Å²) in [4.78, 5) is 16.6. The number of rotatable bonds is 3. The van der Waals surface area contributed by atoms with E-state index >= 15 is 0 Å². The molecule has 1 atom stereocenters. The van der Waals surface area contributed by atoms with Gasteiger partial charge in [0.2, 0.25) is 5.91 Å². The molecule has 4 nitrogen and oxygen atoms in total. The van der Waals surface area contributed by atoms with Crippen LogP contribution in [0.3, 0.4) is 0 Å². The van der Waals surface area contributed by atoms with Gasteiger partial charge in [0.1, 0.15) is 0 Å². The minimum atomic E-state index is 0. The Balaban J connectivity index is 0.00000132. The van der Waals surface area contributed by atoms with Crippen LogP contribution in [0.2, 0.25) is 5.02 Å². The smallest absolute Gasteiger partial charge is 0.223 e. The first-order valence-electron chi connectivity index (χ1n) is 7.71. The first-order valence-corrected chi connectivity index (χ1v) is 8.09. The Morgan fingerprint density at radius 1 is 1.13 bits per heavy atom. The summed E-state index contributed by atoms with van der Waals surface area (Å²) in [5.41, 5.74) is 1.19. The number of halogens is 3. The fourth-order valence-electron chi connectivity index (χ4n) is 3.13. The summed E-state index contributed by atoms with van der Waals surface area (Å²) in [6, 6.07) is 7.93. The summed E-state index contributed by atoms with van der Waals surface area (Å²) in [5.74, 6) is 0.853. The van der Waals surface area contributed by atoms with E-state index in [2.05, 4.69) is 10.2 Å². The van der Waals surface area contributed by atoms with E-state index in [0.717, 1.165) is 50.7 Å². The molecule has 7 heteroatoms. The number of nitrogens with zero attached hydrogens (tertiary/aromatic N) is 2. The van der Waals surface area contributed by atoms with Gasteiger partial charge < -0.3 is 15.1 Å². The molecule has 2 fully saturated rings. The summed E-state index contributed by atoms with van der Waals surface area (Å²) in [6.45, 7) is 5.49. The van der Waals surface area contributed by atoms with Crippen LogP contribution in [0.4, 0.5) is 5.69 Å². The van der Waals surface area contributed by atoms with E-state index in [1.807, 2.05) is 29.2 Å². The van der Waals surface area contributed by atoms with E-state index in [0.29, 0.717) is 18.2 Å². The molecule has 1 aromatic carbocycles. The molecular formula is C16H24Cl3N3O. The maximum absolute atomic E-state index is 12.3. The molecule has 1 amide bonds. The lowest BCUT2D eigenvalue weighted by Gasteiger charge is -2.36. The SMILES string of the molecule is Cl.Cl.O=C(CC1CCNC1)N1CCN(c2ccc(Cl)cc2)CC1. The fraction of sp³-hybridized carbons (Fsp3) is 0.562. The predicted molar refractivity (Wildman–Crippen MR) is 100 cm³/mol. The highest BCUT2D eigenvalue weighted by Gasteiger charge is 2.25. The second kappa shape index (κ2) is 9.58. The molecule has 1 aromatic rings. The Bertz CT molecular complexity index is 484. The molecule has 0 spiro atoms. The number of hydrogen-bond donors (Lipinski definition) is 1. The first kappa shape index (κ1) is 20.4. The molecule has 1 N–H and O–H groups in total. The Hall–Kier alpha value is -0.680. The maximum atomic E-state index is 12.3. The summed E-state index contributed by atoms with van der Waals surface area (Å²) >= 11 is 5.92. The van der Waals surface area contributed by atoms with Gasteiger partial charge in [0.05, 0.1) is 0 Å². The van der Waals surface area contributed by atoms with Gasteiger partial charge >= 0.3 is 0 Å². The molecule has 2 aliphatic heterocycles. The number of piperazine rings is 1. The van der Waals surface area contributed by atoms with Crippen molar-refractivity contribution in [2.24, 2.45) is 5.92 Å². The largest absolute Gasteiger partial charge is 0.368 e. The molecule has 130 valence electrons. The molecule has 3 rings (SSSR count). The summed E-state index contributed by atoms with van der Waals surface area (Å²) in [7, 11) is 0. The molecule has 0 radical (unpaired) electrons. The lowest BCUT2D eigenvalue weighted by molar-refractivity contribution is -0.132. The zero-order valence-electron chi connectivity index (χ0n) is 13.0. The van der Waals surface area contributed by atoms with E-state index in [4.69, 9.17) is 11.6 Å². The number of nitrogens with one attached hydrogen (secondary N) is 1. The lowest BCUT2D eigenvalue weighted by atomic mass is 10.0. The van der Waals surface area contributed by atoms with Crippen molar-refractivity contribution in [3.05, 3.63) is 29.3 Å². The van der Waals surface area contributed by atoms with Crippen molar-refractivity contribution in [2.75, 3.05) is 44.2 Å². The standard InChI is InChI=1S/C16H22ClN3O.2ClH/c17-14-1-3-15(4-2-14)19-7-9-20(10-8-19)16(21)11-13-5-6-18-12-13;;/h1-4,13,18H,5-12H2;2*1H. The van der Waals surface area contributed by atoms with Crippen molar-refractivity contribution in [1.82, 2.24) is 10.2 Å². The van der Waals surface area contributed by atoms with Gasteiger partial charge in [0.15, 0.2) is 0 Å². The van der Waals surface area contributed by atoms with E-state index < -0.39 is 0 Å². The Kier molecular flexibility index (Phi) is 8.48. The molecule has 0 saturated carbocycles. The van der Waals surface area contributed by atoms with E-state index in [1.54, 1.807) is 0 Å². The van der Waals surface area contributed by atoms with Gasteiger partial charge in [-0.25, -0.2) is 0 Å². The number of carbonyl (C=O) groups is 1. The monoisotopic (exact) mass is 379 g/mol. The van der Waals surface area contributed by atoms with Crippen LogP contribution in [0.5, 0.6) is 0 Å². The highest BCUT2D eigenvalue weighted by molar-refractivity contribution is 6.30. The highest BCUT2D eigenvalue weighted by Crippen LogP contribution is 2.20. The molecule has 1 unspecified atom stereocenters. The van der Waals surface area contributed by atoms with Crippen molar-refractivity contribution in [3.63, 3.8) is 0 Å². The van der Waals surface area contributed by atoms with Crippen molar-refractivity contribution < 1.29 is 4.79 Å². The van der Waals surface area contributed by atoms with E-state index in [9.17, 15) is 4.79 Å². The van der Waals surface area contributed by atoms with Crippen LogP contribution in [0, 0.1) is 5.92 Å². The molecule has 0 bridgehead atoms. The molecule has 23 heavy (non-hydrogen) atoms. The molecule has 0 aromatic heterocycles. The molecule has 2 aliphatic rings. The average molecular weight is 381 g/mol. The highest BCUT2D eigenvalue weighted by atomic mass is 35.5. The number of carbonyl (C=O) groups excluding carboxylic acids is 1. The third-order valence-electron chi connectivity index (χ3n) is 4.45. The average Bonchev–Trinajstić information content (AvgIpc) is 3.01. The molecule has 2 saturated heterocycles. The van der Waals surface area contributed by atoms with Crippen LogP contribution in [-0.4, -0.2) is 50.1 Å². The summed E-state index contributed by atoms with van der Waals surface area (Å²) < 4.78 is 0. The maximum Gasteiger partial charge on any atom is 0.223 e. The predicted octanol–water partition coefficient (Wildman–Crippen LogP) is 2.83. The van der Waals surface area contributed by atoms with Gasteiger partial charge in [-0.15, -0.1) is 24.8 Å². The van der Waals surface area contributed by atoms with Crippen LogP contribution >= 0.6 is 36.4 Å². The lowest BCUT2D eigenvalue weighted by Crippen LogP contribution is -2.49. The number of benzene rings is 1. The van der Waals surface area contributed by atoms with Gasteiger partial charge in [-0.3, -0.25) is 4.79 Å². The van der Waals surface area contributed by atoms with Gasteiger partial charge in [0, 0.05) is 43.3 Å². The first-order chi connectivity index (χ1) is 10.2. The number of anilines is 1. The fourth-order valence-corrected chi connectivity index (χ4v) is 3.26. The zero-order chi connectivity index (χ0) is 14.7.